The van der Waals surface area contributed by atoms with Crippen LogP contribution < -0.4 is 0 Å². The first-order chi connectivity index (χ1) is 6.08. The number of nitriles is 1. The van der Waals surface area contributed by atoms with Crippen LogP contribution in [-0.4, -0.2) is 20.8 Å². The summed E-state index contributed by atoms with van der Waals surface area (Å²) in [4.78, 5) is -0.295. The average molecular weight is 203 g/mol. The molecule has 0 spiro atoms. The van der Waals surface area contributed by atoms with E-state index in [1.807, 2.05) is 0 Å². The highest BCUT2D eigenvalue weighted by molar-refractivity contribution is 7.95. The van der Waals surface area contributed by atoms with Crippen molar-refractivity contribution in [3.8, 4) is 6.07 Å². The van der Waals surface area contributed by atoms with Gasteiger partial charge in [0.15, 0.2) is 14.7 Å². The van der Waals surface area contributed by atoms with Gasteiger partial charge in [-0.1, -0.05) is 6.92 Å². The molecule has 0 aromatic rings. The van der Waals surface area contributed by atoms with Crippen LogP contribution in [0.1, 0.15) is 20.3 Å². The SMILES string of the molecule is CCCS(=O)(=O)/C(C#N)=C\OCC. The fourth-order valence-corrected chi connectivity index (χ4v) is 1.82. The van der Waals surface area contributed by atoms with Gasteiger partial charge in [0.25, 0.3) is 0 Å². The van der Waals surface area contributed by atoms with Gasteiger partial charge < -0.3 is 4.74 Å². The fourth-order valence-electron chi connectivity index (χ4n) is 0.707. The van der Waals surface area contributed by atoms with Gasteiger partial charge in [0, 0.05) is 0 Å². The van der Waals surface area contributed by atoms with Crippen LogP contribution in [0.4, 0.5) is 0 Å². The molecule has 74 valence electrons. The van der Waals surface area contributed by atoms with E-state index in [1.54, 1.807) is 19.9 Å². The van der Waals surface area contributed by atoms with Crippen molar-refractivity contribution < 1.29 is 13.2 Å². The maximum atomic E-state index is 11.3. The van der Waals surface area contributed by atoms with Crippen LogP contribution in [0, 0.1) is 11.3 Å². The van der Waals surface area contributed by atoms with Gasteiger partial charge in [-0.15, -0.1) is 0 Å². The normalized spacial score (nSPS) is 12.2. The summed E-state index contributed by atoms with van der Waals surface area (Å²) in [6, 6.07) is 1.61. The van der Waals surface area contributed by atoms with E-state index < -0.39 is 9.84 Å². The van der Waals surface area contributed by atoms with E-state index in [0.717, 1.165) is 6.26 Å². The van der Waals surface area contributed by atoms with E-state index in [4.69, 9.17) is 10.00 Å². The van der Waals surface area contributed by atoms with Gasteiger partial charge in [0.1, 0.15) is 12.3 Å². The molecule has 0 atom stereocenters. The molecule has 0 rings (SSSR count). The summed E-state index contributed by atoms with van der Waals surface area (Å²) >= 11 is 0. The van der Waals surface area contributed by atoms with E-state index in [1.165, 1.54) is 0 Å². The van der Waals surface area contributed by atoms with Crippen molar-refractivity contribution in [2.24, 2.45) is 0 Å². The molecule has 0 heterocycles. The lowest BCUT2D eigenvalue weighted by Crippen LogP contribution is -2.07. The predicted octanol–water partition coefficient (Wildman–Crippen LogP) is 1.21. The number of allylic oxidation sites excluding steroid dienone is 1. The van der Waals surface area contributed by atoms with Crippen LogP contribution in [0.5, 0.6) is 0 Å². The van der Waals surface area contributed by atoms with Crippen molar-refractivity contribution in [3.05, 3.63) is 11.2 Å². The Morgan fingerprint density at radius 1 is 1.54 bits per heavy atom. The lowest BCUT2D eigenvalue weighted by Gasteiger charge is -2.00. The maximum Gasteiger partial charge on any atom is 0.191 e. The Morgan fingerprint density at radius 2 is 2.15 bits per heavy atom. The third-order valence-electron chi connectivity index (χ3n) is 1.28. The van der Waals surface area contributed by atoms with E-state index in [2.05, 4.69) is 0 Å². The Labute approximate surface area is 78.7 Å². The minimum absolute atomic E-state index is 0.0144. The van der Waals surface area contributed by atoms with Crippen LogP contribution in [0.3, 0.4) is 0 Å². The first kappa shape index (κ1) is 12.0. The van der Waals surface area contributed by atoms with Crippen molar-refractivity contribution in [1.29, 1.82) is 5.26 Å². The van der Waals surface area contributed by atoms with Crippen LogP contribution in [0.15, 0.2) is 11.2 Å². The quantitative estimate of drug-likeness (QED) is 0.497. The second-order valence-electron chi connectivity index (χ2n) is 2.37. The second kappa shape index (κ2) is 5.60. The zero-order valence-corrected chi connectivity index (χ0v) is 8.60. The highest BCUT2D eigenvalue weighted by Gasteiger charge is 2.16. The third kappa shape index (κ3) is 3.95. The zero-order chi connectivity index (χ0) is 10.3. The lowest BCUT2D eigenvalue weighted by atomic mass is 10.6. The largest absolute Gasteiger partial charge is 0.499 e. The standard InChI is InChI=1S/C8H13NO3S/c1-3-5-13(10,11)8(6-9)7-12-4-2/h7H,3-5H2,1-2H3/b8-7-. The molecule has 0 fully saturated rings. The summed E-state index contributed by atoms with van der Waals surface area (Å²) in [5, 5.41) is 8.54. The highest BCUT2D eigenvalue weighted by Crippen LogP contribution is 2.07. The van der Waals surface area contributed by atoms with Gasteiger partial charge in [-0.25, -0.2) is 8.42 Å². The summed E-state index contributed by atoms with van der Waals surface area (Å²) in [6.45, 7) is 3.82. The molecule has 0 saturated heterocycles. The molecule has 4 nitrogen and oxygen atoms in total. The average Bonchev–Trinajstić information content (AvgIpc) is 2.05. The predicted molar refractivity (Wildman–Crippen MR) is 49.4 cm³/mol. The molecule has 13 heavy (non-hydrogen) atoms. The van der Waals surface area contributed by atoms with Crippen LogP contribution in [0.25, 0.3) is 0 Å². The third-order valence-corrected chi connectivity index (χ3v) is 3.08. The molecule has 0 aliphatic heterocycles. The molecule has 0 aliphatic carbocycles. The molecular weight excluding hydrogens is 190 g/mol. The number of nitrogens with zero attached hydrogens (tertiary/aromatic N) is 1. The zero-order valence-electron chi connectivity index (χ0n) is 7.78. The molecule has 0 aromatic carbocycles. The van der Waals surface area contributed by atoms with E-state index in [0.29, 0.717) is 13.0 Å². The summed E-state index contributed by atoms with van der Waals surface area (Å²) in [7, 11) is -3.42. The Morgan fingerprint density at radius 3 is 2.54 bits per heavy atom. The molecule has 0 aliphatic rings. The number of hydrogen-bond acceptors (Lipinski definition) is 4. The van der Waals surface area contributed by atoms with Crippen molar-refractivity contribution >= 4 is 9.84 Å². The Balaban J connectivity index is 4.70. The minimum atomic E-state index is -3.42. The van der Waals surface area contributed by atoms with Crippen molar-refractivity contribution in [1.82, 2.24) is 0 Å². The van der Waals surface area contributed by atoms with Gasteiger partial charge in [0.2, 0.25) is 0 Å². The molecule has 0 N–H and O–H groups in total. The first-order valence-electron chi connectivity index (χ1n) is 4.03. The van der Waals surface area contributed by atoms with Crippen LogP contribution in [-0.2, 0) is 14.6 Å². The summed E-state index contributed by atoms with van der Waals surface area (Å²) in [6.07, 6.45) is 1.50. The number of hydrogen-bond donors (Lipinski definition) is 0. The summed E-state index contributed by atoms with van der Waals surface area (Å²) in [5.41, 5.74) is 0. The van der Waals surface area contributed by atoms with Gasteiger partial charge >= 0.3 is 0 Å². The Bertz CT molecular complexity index is 311. The molecule has 0 unspecified atom stereocenters. The number of rotatable bonds is 5. The topological polar surface area (TPSA) is 67.2 Å². The van der Waals surface area contributed by atoms with Crippen molar-refractivity contribution in [2.75, 3.05) is 12.4 Å². The molecule has 0 amide bonds. The van der Waals surface area contributed by atoms with Gasteiger partial charge in [-0.2, -0.15) is 5.26 Å². The number of ether oxygens (including phenoxy) is 1. The molecule has 0 radical (unpaired) electrons. The molecule has 0 bridgehead atoms. The summed E-state index contributed by atoms with van der Waals surface area (Å²) < 4.78 is 27.3. The smallest absolute Gasteiger partial charge is 0.191 e. The van der Waals surface area contributed by atoms with E-state index in [9.17, 15) is 8.42 Å². The van der Waals surface area contributed by atoms with Gasteiger partial charge in [0.05, 0.1) is 12.4 Å². The van der Waals surface area contributed by atoms with Gasteiger partial charge in [-0.05, 0) is 13.3 Å². The van der Waals surface area contributed by atoms with Crippen molar-refractivity contribution in [3.63, 3.8) is 0 Å². The molecule has 0 saturated carbocycles. The molecular formula is C8H13NO3S. The first-order valence-corrected chi connectivity index (χ1v) is 5.68. The highest BCUT2D eigenvalue weighted by atomic mass is 32.2. The minimum Gasteiger partial charge on any atom is -0.499 e. The maximum absolute atomic E-state index is 11.3. The van der Waals surface area contributed by atoms with Gasteiger partial charge in [-0.3, -0.25) is 0 Å². The fraction of sp³-hybridized carbons (Fsp3) is 0.625. The summed E-state index contributed by atoms with van der Waals surface area (Å²) in [5.74, 6) is -0.0144. The lowest BCUT2D eigenvalue weighted by molar-refractivity contribution is 0.268. The molecule has 0 aromatic heterocycles. The second-order valence-corrected chi connectivity index (χ2v) is 4.45. The van der Waals surface area contributed by atoms with Crippen molar-refractivity contribution in [2.45, 2.75) is 20.3 Å². The Kier molecular flexibility index (Phi) is 5.16. The Hall–Kier alpha value is -1.02. The monoisotopic (exact) mass is 203 g/mol. The van der Waals surface area contributed by atoms with Crippen LogP contribution >= 0.6 is 0 Å². The number of sulfone groups is 1. The van der Waals surface area contributed by atoms with E-state index >= 15 is 0 Å². The van der Waals surface area contributed by atoms with Crippen LogP contribution in [0.2, 0.25) is 0 Å². The van der Waals surface area contributed by atoms with E-state index in [-0.39, 0.29) is 10.7 Å². The molecule has 5 heteroatoms.